The molecule has 0 aromatic carbocycles. The molecule has 0 radical (unpaired) electrons. The lowest BCUT2D eigenvalue weighted by molar-refractivity contribution is -0.876. The highest BCUT2D eigenvalue weighted by atomic mass is 31.2. The molecule has 0 rings (SSSR count). The number of rotatable bonds is 35. The standard InChI is InChI=1S/C39H80NO4P/c1-6-8-10-12-14-16-18-20-22-23-25-27-29-31-33-35-37-39(38-40(3,4)5,44-45(41,42)43)36-34-32-30-28-26-24-21-19-17-15-13-11-9-7-2/h20,22H,6-19,21,23-38H2,1-5H3,(H-,41,42,43)/p+1. The Kier molecular flexibility index (Phi) is 29.8. The largest absolute Gasteiger partial charge is 0.470 e. The number of likely N-dealkylation sites (N-methyl/N-ethyl adjacent to an activating group) is 1. The van der Waals surface area contributed by atoms with Crippen molar-refractivity contribution in [1.29, 1.82) is 0 Å². The average molecular weight is 659 g/mol. The normalized spacial score (nSPS) is 14.0. The molecule has 0 fully saturated rings. The monoisotopic (exact) mass is 659 g/mol. The van der Waals surface area contributed by atoms with Crippen LogP contribution < -0.4 is 0 Å². The van der Waals surface area contributed by atoms with E-state index in [1.165, 1.54) is 154 Å². The Morgan fingerprint density at radius 3 is 1.09 bits per heavy atom. The fourth-order valence-corrected chi connectivity index (χ4v) is 7.60. The van der Waals surface area contributed by atoms with Gasteiger partial charge in [-0.3, -0.25) is 4.52 Å². The summed E-state index contributed by atoms with van der Waals surface area (Å²) in [4.78, 5) is 19.8. The van der Waals surface area contributed by atoms with Crippen LogP contribution in [0.1, 0.15) is 206 Å². The number of hydrogen-bond acceptors (Lipinski definition) is 2. The third-order valence-corrected chi connectivity index (χ3v) is 9.83. The van der Waals surface area contributed by atoms with Gasteiger partial charge in [-0.25, -0.2) is 4.57 Å². The summed E-state index contributed by atoms with van der Waals surface area (Å²) in [6, 6.07) is 0. The van der Waals surface area contributed by atoms with E-state index in [0.29, 0.717) is 11.0 Å². The van der Waals surface area contributed by atoms with Crippen molar-refractivity contribution in [3.8, 4) is 0 Å². The van der Waals surface area contributed by atoms with E-state index in [1.807, 2.05) is 0 Å². The zero-order valence-electron chi connectivity index (χ0n) is 31.2. The van der Waals surface area contributed by atoms with E-state index in [9.17, 15) is 14.4 Å². The maximum Gasteiger partial charge on any atom is 0.470 e. The molecule has 0 aliphatic heterocycles. The van der Waals surface area contributed by atoms with Crippen molar-refractivity contribution in [2.75, 3.05) is 27.7 Å². The third kappa shape index (κ3) is 33.5. The predicted molar refractivity (Wildman–Crippen MR) is 198 cm³/mol. The Bertz CT molecular complexity index is 702. The third-order valence-electron chi connectivity index (χ3n) is 9.21. The van der Waals surface area contributed by atoms with Crippen LogP contribution in [0.2, 0.25) is 0 Å². The smallest absolute Gasteiger partial charge is 0.329 e. The summed E-state index contributed by atoms with van der Waals surface area (Å²) in [5.41, 5.74) is -0.755. The van der Waals surface area contributed by atoms with Crippen molar-refractivity contribution in [3.63, 3.8) is 0 Å². The van der Waals surface area contributed by atoms with Gasteiger partial charge in [0.2, 0.25) is 0 Å². The maximum absolute atomic E-state index is 12.1. The fourth-order valence-electron chi connectivity index (χ4n) is 6.86. The zero-order chi connectivity index (χ0) is 33.5. The summed E-state index contributed by atoms with van der Waals surface area (Å²) in [7, 11) is 1.74. The number of quaternary nitrogens is 1. The van der Waals surface area contributed by atoms with Crippen LogP contribution in [0.15, 0.2) is 12.2 Å². The molecule has 0 heterocycles. The quantitative estimate of drug-likeness (QED) is 0.0308. The Hall–Kier alpha value is -0.190. The summed E-state index contributed by atoms with van der Waals surface area (Å²) < 4.78 is 18.4. The van der Waals surface area contributed by atoms with E-state index in [1.54, 1.807) is 0 Å². The van der Waals surface area contributed by atoms with Crippen molar-refractivity contribution < 1.29 is 23.4 Å². The first-order valence-corrected chi connectivity index (χ1v) is 21.3. The molecule has 0 spiro atoms. The van der Waals surface area contributed by atoms with E-state index in [4.69, 9.17) is 4.52 Å². The highest BCUT2D eigenvalue weighted by molar-refractivity contribution is 7.46. The molecule has 0 saturated carbocycles. The minimum atomic E-state index is -4.57. The van der Waals surface area contributed by atoms with Gasteiger partial charge in [0.05, 0.1) is 21.1 Å². The number of hydrogen-bond donors (Lipinski definition) is 2. The van der Waals surface area contributed by atoms with Gasteiger partial charge in [-0.1, -0.05) is 180 Å². The van der Waals surface area contributed by atoms with Crippen molar-refractivity contribution in [2.24, 2.45) is 0 Å². The minimum absolute atomic E-state index is 0.627. The maximum atomic E-state index is 12.1. The van der Waals surface area contributed by atoms with E-state index in [-0.39, 0.29) is 0 Å². The van der Waals surface area contributed by atoms with Gasteiger partial charge >= 0.3 is 7.82 Å². The van der Waals surface area contributed by atoms with Gasteiger partial charge in [-0.15, -0.1) is 0 Å². The number of phosphoric ester groups is 1. The first-order chi connectivity index (χ1) is 21.5. The van der Waals surface area contributed by atoms with Crippen LogP contribution in [0.25, 0.3) is 0 Å². The molecule has 270 valence electrons. The van der Waals surface area contributed by atoms with E-state index < -0.39 is 13.4 Å². The second kappa shape index (κ2) is 29.9. The van der Waals surface area contributed by atoms with E-state index >= 15 is 0 Å². The highest BCUT2D eigenvalue weighted by Gasteiger charge is 2.41. The number of unbranched alkanes of at least 4 members (excludes halogenated alkanes) is 25. The second-order valence-corrected chi connectivity index (χ2v) is 16.4. The topological polar surface area (TPSA) is 66.8 Å². The molecule has 0 amide bonds. The van der Waals surface area contributed by atoms with Crippen LogP contribution in [-0.2, 0) is 9.09 Å². The molecule has 0 saturated heterocycles. The van der Waals surface area contributed by atoms with Crippen LogP contribution in [-0.4, -0.2) is 47.6 Å². The van der Waals surface area contributed by atoms with Crippen molar-refractivity contribution in [3.05, 3.63) is 12.2 Å². The first kappa shape index (κ1) is 44.8. The Morgan fingerprint density at radius 2 is 0.800 bits per heavy atom. The molecule has 0 aromatic heterocycles. The predicted octanol–water partition coefficient (Wildman–Crippen LogP) is 12.8. The van der Waals surface area contributed by atoms with Gasteiger partial charge in [-0.05, 0) is 38.5 Å². The van der Waals surface area contributed by atoms with Crippen LogP contribution in [0.4, 0.5) is 0 Å². The van der Waals surface area contributed by atoms with Gasteiger partial charge in [0, 0.05) is 0 Å². The highest BCUT2D eigenvalue weighted by Crippen LogP contribution is 2.46. The Morgan fingerprint density at radius 1 is 0.511 bits per heavy atom. The molecule has 5 nitrogen and oxygen atoms in total. The summed E-state index contributed by atoms with van der Waals surface area (Å²) in [6.07, 6.45) is 42.2. The zero-order valence-corrected chi connectivity index (χ0v) is 32.1. The summed E-state index contributed by atoms with van der Waals surface area (Å²) in [5.74, 6) is 0. The summed E-state index contributed by atoms with van der Waals surface area (Å²) >= 11 is 0. The second-order valence-electron chi connectivity index (χ2n) is 15.2. The minimum Gasteiger partial charge on any atom is -0.329 e. The SMILES string of the molecule is CCCCCCCCC=CCCCCCCCCC(CCCCCCCCCCCCCCCC)(C[N+](C)(C)C)OP(=O)(O)O. The fraction of sp³-hybridized carbons (Fsp3) is 0.949. The Labute approximate surface area is 282 Å². The van der Waals surface area contributed by atoms with Crippen LogP contribution in [0.5, 0.6) is 0 Å². The van der Waals surface area contributed by atoms with Crippen LogP contribution in [0.3, 0.4) is 0 Å². The van der Waals surface area contributed by atoms with Gasteiger partial charge in [-0.2, -0.15) is 0 Å². The van der Waals surface area contributed by atoms with Crippen molar-refractivity contribution in [2.45, 2.75) is 212 Å². The number of allylic oxidation sites excluding steroid dienone is 2. The van der Waals surface area contributed by atoms with Gasteiger partial charge in [0.25, 0.3) is 0 Å². The van der Waals surface area contributed by atoms with E-state index in [0.717, 1.165) is 38.5 Å². The molecular formula is C39H81NO4P+. The molecule has 0 aromatic rings. The summed E-state index contributed by atoms with van der Waals surface area (Å²) in [5, 5.41) is 0. The van der Waals surface area contributed by atoms with Crippen molar-refractivity contribution in [1.82, 2.24) is 0 Å². The van der Waals surface area contributed by atoms with Crippen LogP contribution in [0, 0.1) is 0 Å². The lowest BCUT2D eigenvalue weighted by Crippen LogP contribution is -2.50. The lowest BCUT2D eigenvalue weighted by atomic mass is 9.88. The molecule has 0 bridgehead atoms. The molecule has 0 aliphatic carbocycles. The van der Waals surface area contributed by atoms with Gasteiger partial charge in [0.1, 0.15) is 12.1 Å². The molecular weight excluding hydrogens is 577 g/mol. The molecule has 0 aliphatic rings. The Balaban J connectivity index is 4.30. The van der Waals surface area contributed by atoms with Gasteiger partial charge in [0.15, 0.2) is 0 Å². The molecule has 45 heavy (non-hydrogen) atoms. The van der Waals surface area contributed by atoms with Gasteiger partial charge < -0.3 is 14.3 Å². The molecule has 1 unspecified atom stereocenters. The van der Waals surface area contributed by atoms with E-state index in [2.05, 4.69) is 47.1 Å². The number of phosphoric acid groups is 1. The molecule has 6 heteroatoms. The van der Waals surface area contributed by atoms with Crippen LogP contribution >= 0.6 is 7.82 Å². The average Bonchev–Trinajstić information content (AvgIpc) is 2.95. The molecule has 1 atom stereocenters. The van der Waals surface area contributed by atoms with Crippen molar-refractivity contribution >= 4 is 7.82 Å². The summed E-state index contributed by atoms with van der Waals surface area (Å²) in [6.45, 7) is 5.18. The lowest BCUT2D eigenvalue weighted by Gasteiger charge is -2.39. The molecule has 2 N–H and O–H groups in total. The number of nitrogens with zero attached hydrogens (tertiary/aromatic N) is 1. The first-order valence-electron chi connectivity index (χ1n) is 19.8.